The molecule has 1 aliphatic rings. The highest BCUT2D eigenvalue weighted by atomic mass is 32.1. The van der Waals surface area contributed by atoms with Crippen molar-refractivity contribution in [3.8, 4) is 0 Å². The van der Waals surface area contributed by atoms with Gasteiger partial charge in [0.25, 0.3) is 0 Å². The van der Waals surface area contributed by atoms with Gasteiger partial charge >= 0.3 is 0 Å². The second-order valence-corrected chi connectivity index (χ2v) is 7.52. The van der Waals surface area contributed by atoms with E-state index in [-0.39, 0.29) is 0 Å². The van der Waals surface area contributed by atoms with E-state index >= 15 is 0 Å². The number of nitrogens with one attached hydrogen (secondary N) is 1. The van der Waals surface area contributed by atoms with Crippen molar-refractivity contribution in [2.24, 2.45) is 4.99 Å². The summed E-state index contributed by atoms with van der Waals surface area (Å²) < 4.78 is 5.32. The van der Waals surface area contributed by atoms with E-state index in [4.69, 9.17) is 9.51 Å². The Labute approximate surface area is 153 Å². The average molecular weight is 362 g/mol. The first-order chi connectivity index (χ1) is 12.2. The van der Waals surface area contributed by atoms with Gasteiger partial charge in [0, 0.05) is 24.5 Å². The number of thiazole rings is 1. The number of aromatic nitrogens is 2. The number of nitrogens with zero attached hydrogens (tertiary/aromatic N) is 4. The average Bonchev–Trinajstić information content (AvgIpc) is 3.24. The van der Waals surface area contributed by atoms with Crippen LogP contribution in [-0.2, 0) is 32.4 Å². The highest BCUT2D eigenvalue weighted by Gasteiger charge is 2.17. The van der Waals surface area contributed by atoms with Crippen molar-refractivity contribution in [3.05, 3.63) is 33.1 Å². The van der Waals surface area contributed by atoms with Gasteiger partial charge in [0.05, 0.1) is 17.9 Å². The normalized spacial score (nSPS) is 14.4. The van der Waals surface area contributed by atoms with Gasteiger partial charge in [-0.2, -0.15) is 0 Å². The molecule has 2 heterocycles. The van der Waals surface area contributed by atoms with Crippen molar-refractivity contribution in [1.29, 1.82) is 0 Å². The lowest BCUT2D eigenvalue weighted by molar-refractivity contribution is 0.378. The maximum atomic E-state index is 5.32. The molecule has 6 nitrogen and oxygen atoms in total. The summed E-state index contributed by atoms with van der Waals surface area (Å²) in [5.74, 6) is 1.66. The summed E-state index contributed by atoms with van der Waals surface area (Å²) in [6.07, 6.45) is 5.77. The summed E-state index contributed by atoms with van der Waals surface area (Å²) in [4.78, 5) is 13.1. The molecule has 0 bridgehead atoms. The van der Waals surface area contributed by atoms with Gasteiger partial charge in [0.15, 0.2) is 11.7 Å². The number of aliphatic imine (C=N–C) groups is 1. The number of guanidine groups is 1. The topological polar surface area (TPSA) is 66.6 Å². The monoisotopic (exact) mass is 361 g/mol. The van der Waals surface area contributed by atoms with Crippen molar-refractivity contribution in [2.75, 3.05) is 13.6 Å². The molecular formula is C18H27N5OS. The van der Waals surface area contributed by atoms with Crippen LogP contribution in [0.15, 0.2) is 15.6 Å². The maximum Gasteiger partial charge on any atom is 0.194 e. The molecule has 0 radical (unpaired) electrons. The quantitative estimate of drug-likeness (QED) is 0.632. The Kier molecular flexibility index (Phi) is 6.07. The molecule has 0 spiro atoms. The fourth-order valence-electron chi connectivity index (χ4n) is 2.97. The van der Waals surface area contributed by atoms with Crippen LogP contribution in [0.4, 0.5) is 0 Å². The standard InChI is InChI=1S/C18H27N5OS/c1-4-13-10-14(24-22-13)11-20-18(19-5-2)23(3)12-17-21-15-8-6-7-9-16(15)25-17/h10H,4-9,11-12H2,1-3H3,(H,19,20). The highest BCUT2D eigenvalue weighted by molar-refractivity contribution is 7.11. The van der Waals surface area contributed by atoms with Gasteiger partial charge < -0.3 is 14.7 Å². The smallest absolute Gasteiger partial charge is 0.194 e. The third-order valence-electron chi connectivity index (χ3n) is 4.31. The summed E-state index contributed by atoms with van der Waals surface area (Å²) >= 11 is 1.86. The fraction of sp³-hybridized carbons (Fsp3) is 0.611. The largest absolute Gasteiger partial charge is 0.359 e. The highest BCUT2D eigenvalue weighted by Crippen LogP contribution is 2.27. The number of fused-ring (bicyclic) bond motifs is 1. The number of hydrogen-bond acceptors (Lipinski definition) is 5. The number of rotatable bonds is 6. The zero-order valence-corrected chi connectivity index (χ0v) is 16.2. The van der Waals surface area contributed by atoms with E-state index in [2.05, 4.69) is 41.3 Å². The molecule has 0 saturated carbocycles. The van der Waals surface area contributed by atoms with E-state index in [1.165, 1.54) is 34.8 Å². The van der Waals surface area contributed by atoms with Gasteiger partial charge in [0.2, 0.25) is 0 Å². The van der Waals surface area contributed by atoms with Crippen LogP contribution in [-0.4, -0.2) is 34.6 Å². The SMILES string of the molecule is CCNC(=NCc1cc(CC)no1)N(C)Cc1nc2c(s1)CCCC2. The first-order valence-electron chi connectivity index (χ1n) is 9.11. The second-order valence-electron chi connectivity index (χ2n) is 6.35. The maximum absolute atomic E-state index is 5.32. The lowest BCUT2D eigenvalue weighted by Gasteiger charge is -2.20. The molecule has 0 aromatic carbocycles. The summed E-state index contributed by atoms with van der Waals surface area (Å²) in [7, 11) is 2.06. The summed E-state index contributed by atoms with van der Waals surface area (Å²) in [5.41, 5.74) is 2.28. The van der Waals surface area contributed by atoms with Crippen LogP contribution in [0.1, 0.15) is 53.7 Å². The third-order valence-corrected chi connectivity index (χ3v) is 5.46. The van der Waals surface area contributed by atoms with Gasteiger partial charge in [-0.3, -0.25) is 0 Å². The van der Waals surface area contributed by atoms with E-state index in [1.807, 2.05) is 17.4 Å². The number of hydrogen-bond donors (Lipinski definition) is 1. The van der Waals surface area contributed by atoms with Crippen molar-refractivity contribution in [1.82, 2.24) is 20.4 Å². The van der Waals surface area contributed by atoms with Gasteiger partial charge in [0.1, 0.15) is 11.6 Å². The van der Waals surface area contributed by atoms with Gasteiger partial charge in [-0.15, -0.1) is 11.3 Å². The molecule has 0 saturated heterocycles. The molecule has 2 aromatic heterocycles. The van der Waals surface area contributed by atoms with Crippen LogP contribution in [0, 0.1) is 0 Å². The molecule has 0 aliphatic heterocycles. The predicted molar refractivity (Wildman–Crippen MR) is 101 cm³/mol. The lowest BCUT2D eigenvalue weighted by atomic mass is 10.0. The Morgan fingerprint density at radius 1 is 1.36 bits per heavy atom. The molecule has 7 heteroatoms. The third kappa shape index (κ3) is 4.60. The summed E-state index contributed by atoms with van der Waals surface area (Å²) in [6.45, 7) is 6.24. The lowest BCUT2D eigenvalue weighted by Crippen LogP contribution is -2.38. The molecule has 0 fully saturated rings. The van der Waals surface area contributed by atoms with Crippen molar-refractivity contribution < 1.29 is 4.52 Å². The molecule has 3 rings (SSSR count). The minimum absolute atomic E-state index is 0.494. The van der Waals surface area contributed by atoms with Crippen molar-refractivity contribution in [2.45, 2.75) is 59.0 Å². The molecule has 1 N–H and O–H groups in total. The van der Waals surface area contributed by atoms with E-state index in [0.29, 0.717) is 6.54 Å². The van der Waals surface area contributed by atoms with E-state index in [9.17, 15) is 0 Å². The zero-order valence-electron chi connectivity index (χ0n) is 15.3. The summed E-state index contributed by atoms with van der Waals surface area (Å²) in [6, 6.07) is 1.97. The Hall–Kier alpha value is -1.89. The Morgan fingerprint density at radius 3 is 2.92 bits per heavy atom. The zero-order chi connectivity index (χ0) is 17.6. The van der Waals surface area contributed by atoms with Gasteiger partial charge in [-0.25, -0.2) is 9.98 Å². The molecular weight excluding hydrogens is 334 g/mol. The molecule has 0 unspecified atom stereocenters. The van der Waals surface area contributed by atoms with Gasteiger partial charge in [-0.05, 0) is 39.0 Å². The Balaban J connectivity index is 1.66. The van der Waals surface area contributed by atoms with Crippen LogP contribution in [0.5, 0.6) is 0 Å². The minimum Gasteiger partial charge on any atom is -0.359 e. The van der Waals surface area contributed by atoms with Crippen LogP contribution >= 0.6 is 11.3 Å². The molecule has 136 valence electrons. The first-order valence-corrected chi connectivity index (χ1v) is 9.92. The molecule has 0 atom stereocenters. The second kappa shape index (κ2) is 8.47. The predicted octanol–water partition coefficient (Wildman–Crippen LogP) is 3.17. The Morgan fingerprint density at radius 2 is 2.20 bits per heavy atom. The van der Waals surface area contributed by atoms with Crippen LogP contribution in [0.3, 0.4) is 0 Å². The molecule has 0 amide bonds. The van der Waals surface area contributed by atoms with Crippen molar-refractivity contribution >= 4 is 17.3 Å². The van der Waals surface area contributed by atoms with Crippen LogP contribution < -0.4 is 5.32 Å². The van der Waals surface area contributed by atoms with E-state index in [1.54, 1.807) is 0 Å². The van der Waals surface area contributed by atoms with Gasteiger partial charge in [-0.1, -0.05) is 12.1 Å². The van der Waals surface area contributed by atoms with E-state index in [0.717, 1.165) is 43.3 Å². The van der Waals surface area contributed by atoms with Crippen LogP contribution in [0.25, 0.3) is 0 Å². The fourth-order valence-corrected chi connectivity index (χ4v) is 4.18. The van der Waals surface area contributed by atoms with Crippen molar-refractivity contribution in [3.63, 3.8) is 0 Å². The summed E-state index contributed by atoms with van der Waals surface area (Å²) in [5, 5.41) is 8.54. The van der Waals surface area contributed by atoms with E-state index < -0.39 is 0 Å². The first kappa shape index (κ1) is 17.9. The molecule has 1 aliphatic carbocycles. The molecule has 25 heavy (non-hydrogen) atoms. The van der Waals surface area contributed by atoms with Crippen LogP contribution in [0.2, 0.25) is 0 Å². The number of aryl methyl sites for hydroxylation is 3. The minimum atomic E-state index is 0.494. The molecule has 2 aromatic rings. The Bertz CT molecular complexity index is 697.